The van der Waals surface area contributed by atoms with Gasteiger partial charge in [0.05, 0.1) is 12.3 Å². The first-order valence-electron chi connectivity index (χ1n) is 6.36. The molecule has 0 fully saturated rings. The number of hydrogen-bond acceptors (Lipinski definition) is 3. The molecule has 0 spiro atoms. The summed E-state index contributed by atoms with van der Waals surface area (Å²) in [4.78, 5) is 22.6. The van der Waals surface area contributed by atoms with Crippen molar-refractivity contribution in [3.05, 3.63) is 29.8 Å². The summed E-state index contributed by atoms with van der Waals surface area (Å²) in [6.45, 7) is 2.09. The van der Waals surface area contributed by atoms with E-state index in [2.05, 4.69) is 5.32 Å². The molecule has 5 nitrogen and oxygen atoms in total. The van der Waals surface area contributed by atoms with Crippen LogP contribution in [0.1, 0.15) is 25.3 Å². The molecule has 5 heteroatoms. The van der Waals surface area contributed by atoms with Crippen LogP contribution in [0.2, 0.25) is 0 Å². The third-order valence-electron chi connectivity index (χ3n) is 2.85. The van der Waals surface area contributed by atoms with E-state index in [1.165, 1.54) is 0 Å². The Morgan fingerprint density at radius 1 is 1.42 bits per heavy atom. The van der Waals surface area contributed by atoms with E-state index in [1.54, 1.807) is 18.2 Å². The highest BCUT2D eigenvalue weighted by Gasteiger charge is 2.17. The fourth-order valence-electron chi connectivity index (χ4n) is 1.85. The normalized spacial score (nSPS) is 11.8. The Kier molecular flexibility index (Phi) is 5.85. The summed E-state index contributed by atoms with van der Waals surface area (Å²) in [5.74, 6) is -1.58. The van der Waals surface area contributed by atoms with E-state index in [4.69, 9.17) is 10.8 Å². The van der Waals surface area contributed by atoms with E-state index < -0.39 is 11.9 Å². The van der Waals surface area contributed by atoms with Crippen molar-refractivity contribution in [1.29, 1.82) is 0 Å². The summed E-state index contributed by atoms with van der Waals surface area (Å²) in [5.41, 5.74) is 7.06. The average molecular weight is 264 g/mol. The number of aliphatic carboxylic acids is 1. The van der Waals surface area contributed by atoms with E-state index in [-0.39, 0.29) is 18.9 Å². The molecule has 0 bridgehead atoms. The van der Waals surface area contributed by atoms with Crippen LogP contribution in [-0.2, 0) is 16.0 Å². The Bertz CT molecular complexity index is 446. The van der Waals surface area contributed by atoms with Crippen molar-refractivity contribution < 1.29 is 14.7 Å². The van der Waals surface area contributed by atoms with Crippen LogP contribution in [0.5, 0.6) is 0 Å². The number of carboxylic acid groups (broad SMARTS) is 1. The molecule has 1 aromatic rings. The molecule has 0 heterocycles. The van der Waals surface area contributed by atoms with Gasteiger partial charge in [-0.25, -0.2) is 0 Å². The van der Waals surface area contributed by atoms with Crippen molar-refractivity contribution in [3.8, 4) is 0 Å². The highest BCUT2D eigenvalue weighted by Crippen LogP contribution is 2.08. The monoisotopic (exact) mass is 264 g/mol. The van der Waals surface area contributed by atoms with Crippen LogP contribution in [0, 0.1) is 5.92 Å². The minimum Gasteiger partial charge on any atom is -0.481 e. The molecule has 0 radical (unpaired) electrons. The van der Waals surface area contributed by atoms with Gasteiger partial charge >= 0.3 is 5.97 Å². The summed E-state index contributed by atoms with van der Waals surface area (Å²) in [6.07, 6.45) is 1.56. The number of nitrogens with two attached hydrogens (primary N) is 1. The lowest BCUT2D eigenvalue weighted by molar-refractivity contribution is -0.141. The van der Waals surface area contributed by atoms with Gasteiger partial charge in [-0.3, -0.25) is 9.59 Å². The molecular formula is C14H20N2O3. The van der Waals surface area contributed by atoms with Gasteiger partial charge in [0.25, 0.3) is 0 Å². The number of nitrogen functional groups attached to an aromatic ring is 1. The third kappa shape index (κ3) is 5.42. The SMILES string of the molecule is CCCC(CNC(=O)Cc1cccc(N)c1)C(=O)O. The molecule has 0 aromatic heterocycles. The Balaban J connectivity index is 2.45. The van der Waals surface area contributed by atoms with Crippen molar-refractivity contribution in [2.75, 3.05) is 12.3 Å². The predicted molar refractivity (Wildman–Crippen MR) is 73.6 cm³/mol. The van der Waals surface area contributed by atoms with Crippen molar-refractivity contribution in [2.24, 2.45) is 5.92 Å². The molecule has 4 N–H and O–H groups in total. The van der Waals surface area contributed by atoms with E-state index in [0.29, 0.717) is 12.1 Å². The maximum Gasteiger partial charge on any atom is 0.308 e. The molecule has 1 rings (SSSR count). The molecule has 19 heavy (non-hydrogen) atoms. The van der Waals surface area contributed by atoms with Gasteiger partial charge in [-0.05, 0) is 24.1 Å². The molecule has 1 atom stereocenters. The van der Waals surface area contributed by atoms with E-state index >= 15 is 0 Å². The fraction of sp³-hybridized carbons (Fsp3) is 0.429. The number of rotatable bonds is 7. The zero-order valence-electron chi connectivity index (χ0n) is 11.1. The van der Waals surface area contributed by atoms with Crippen molar-refractivity contribution in [2.45, 2.75) is 26.2 Å². The lowest BCUT2D eigenvalue weighted by Gasteiger charge is -2.12. The lowest BCUT2D eigenvalue weighted by atomic mass is 10.0. The second-order valence-electron chi connectivity index (χ2n) is 4.55. The molecule has 1 aromatic carbocycles. The Morgan fingerprint density at radius 3 is 2.74 bits per heavy atom. The topological polar surface area (TPSA) is 92.4 Å². The minimum atomic E-state index is -0.869. The summed E-state index contributed by atoms with van der Waals surface area (Å²) in [5, 5.41) is 11.6. The van der Waals surface area contributed by atoms with E-state index in [1.807, 2.05) is 13.0 Å². The van der Waals surface area contributed by atoms with E-state index in [9.17, 15) is 9.59 Å². The van der Waals surface area contributed by atoms with Gasteiger partial charge in [0, 0.05) is 12.2 Å². The number of nitrogens with one attached hydrogen (secondary N) is 1. The average Bonchev–Trinajstić information content (AvgIpc) is 2.34. The first kappa shape index (κ1) is 15.0. The predicted octanol–water partition coefficient (Wildman–Crippen LogP) is 1.43. The van der Waals surface area contributed by atoms with Gasteiger partial charge in [0.15, 0.2) is 0 Å². The van der Waals surface area contributed by atoms with Crippen molar-refractivity contribution >= 4 is 17.6 Å². The van der Waals surface area contributed by atoms with Crippen LogP contribution < -0.4 is 11.1 Å². The first-order valence-corrected chi connectivity index (χ1v) is 6.36. The number of anilines is 1. The summed E-state index contributed by atoms with van der Waals surface area (Å²) in [7, 11) is 0. The number of hydrogen-bond donors (Lipinski definition) is 3. The van der Waals surface area contributed by atoms with Crippen LogP contribution in [0.15, 0.2) is 24.3 Å². The Morgan fingerprint density at radius 2 is 2.16 bits per heavy atom. The van der Waals surface area contributed by atoms with Gasteiger partial charge in [0.1, 0.15) is 0 Å². The largest absolute Gasteiger partial charge is 0.481 e. The van der Waals surface area contributed by atoms with Crippen LogP contribution in [0.25, 0.3) is 0 Å². The molecule has 1 amide bonds. The zero-order chi connectivity index (χ0) is 14.3. The molecule has 0 aliphatic heterocycles. The number of benzene rings is 1. The molecule has 0 saturated heterocycles. The van der Waals surface area contributed by atoms with Gasteiger partial charge in [-0.1, -0.05) is 25.5 Å². The molecule has 0 saturated carbocycles. The number of amides is 1. The van der Waals surface area contributed by atoms with Crippen LogP contribution in [0.3, 0.4) is 0 Å². The number of carbonyl (C=O) groups is 2. The number of carboxylic acids is 1. The standard InChI is InChI=1S/C14H20N2O3/c1-2-4-11(14(18)19)9-16-13(17)8-10-5-3-6-12(15)7-10/h3,5-7,11H,2,4,8-9,15H2,1H3,(H,16,17)(H,18,19). The Hall–Kier alpha value is -2.04. The van der Waals surface area contributed by atoms with Crippen LogP contribution in [0.4, 0.5) is 5.69 Å². The molecular weight excluding hydrogens is 244 g/mol. The van der Waals surface area contributed by atoms with Crippen molar-refractivity contribution in [1.82, 2.24) is 5.32 Å². The second-order valence-corrected chi connectivity index (χ2v) is 4.55. The second kappa shape index (κ2) is 7.41. The van der Waals surface area contributed by atoms with Gasteiger partial charge in [-0.15, -0.1) is 0 Å². The smallest absolute Gasteiger partial charge is 0.308 e. The van der Waals surface area contributed by atoms with Crippen molar-refractivity contribution in [3.63, 3.8) is 0 Å². The summed E-state index contributed by atoms with van der Waals surface area (Å²) in [6, 6.07) is 7.09. The minimum absolute atomic E-state index is 0.171. The zero-order valence-corrected chi connectivity index (χ0v) is 11.1. The molecule has 1 unspecified atom stereocenters. The maximum atomic E-state index is 11.7. The summed E-state index contributed by atoms with van der Waals surface area (Å²) < 4.78 is 0. The summed E-state index contributed by atoms with van der Waals surface area (Å²) >= 11 is 0. The van der Waals surface area contributed by atoms with Crippen LogP contribution >= 0.6 is 0 Å². The number of carbonyl (C=O) groups excluding carboxylic acids is 1. The maximum absolute atomic E-state index is 11.7. The highest BCUT2D eigenvalue weighted by atomic mass is 16.4. The Labute approximate surface area is 112 Å². The lowest BCUT2D eigenvalue weighted by Crippen LogP contribution is -2.33. The van der Waals surface area contributed by atoms with Gasteiger partial charge in [0.2, 0.25) is 5.91 Å². The molecule has 0 aliphatic carbocycles. The quantitative estimate of drug-likeness (QED) is 0.649. The first-order chi connectivity index (χ1) is 9.02. The fourth-order valence-corrected chi connectivity index (χ4v) is 1.85. The highest BCUT2D eigenvalue weighted by molar-refractivity contribution is 5.79. The van der Waals surface area contributed by atoms with Gasteiger partial charge < -0.3 is 16.2 Å². The molecule has 0 aliphatic rings. The van der Waals surface area contributed by atoms with E-state index in [0.717, 1.165) is 12.0 Å². The molecule has 104 valence electrons. The van der Waals surface area contributed by atoms with Crippen LogP contribution in [-0.4, -0.2) is 23.5 Å². The third-order valence-corrected chi connectivity index (χ3v) is 2.85. The van der Waals surface area contributed by atoms with Gasteiger partial charge in [-0.2, -0.15) is 0 Å².